The first-order valence-corrected chi connectivity index (χ1v) is 7.54. The van der Waals surface area contributed by atoms with Crippen molar-refractivity contribution in [1.29, 1.82) is 0 Å². The largest absolute Gasteiger partial charge is 0.271 e. The molecule has 1 unspecified atom stereocenters. The molecule has 0 fully saturated rings. The lowest BCUT2D eigenvalue weighted by atomic mass is 10.0. The predicted octanol–water partition coefficient (Wildman–Crippen LogP) is 0.719. The number of sulfone groups is 1. The average Bonchev–Trinajstić information content (AvgIpc) is 2.24. The first kappa shape index (κ1) is 14.1. The quantitative estimate of drug-likeness (QED) is 0.579. The van der Waals surface area contributed by atoms with Crippen LogP contribution in [0.25, 0.3) is 0 Å². The first-order valence-electron chi connectivity index (χ1n) is 5.48. The Hall–Kier alpha value is -0.980. The van der Waals surface area contributed by atoms with Gasteiger partial charge in [-0.2, -0.15) is 0 Å². The summed E-state index contributed by atoms with van der Waals surface area (Å²) >= 11 is 0. The van der Waals surface area contributed by atoms with Gasteiger partial charge in [0.25, 0.3) is 0 Å². The second-order valence-electron chi connectivity index (χ2n) is 4.22. The number of hydrogen-bond acceptors (Lipinski definition) is 5. The van der Waals surface area contributed by atoms with Crippen LogP contribution in [0.4, 0.5) is 0 Å². The van der Waals surface area contributed by atoms with Gasteiger partial charge in [-0.3, -0.25) is 16.3 Å². The standard InChI is InChI=1S/C11H19N3O2S/c1-9-8-13-6-5-10(9)11(14-12)4-3-7-17(2,15)16/h5-6,8,11,14H,3-4,7,12H2,1-2H3. The van der Waals surface area contributed by atoms with Crippen LogP contribution in [-0.4, -0.2) is 25.4 Å². The van der Waals surface area contributed by atoms with E-state index in [-0.39, 0.29) is 11.8 Å². The highest BCUT2D eigenvalue weighted by Crippen LogP contribution is 2.20. The van der Waals surface area contributed by atoms with Crippen molar-refractivity contribution >= 4 is 9.84 Å². The van der Waals surface area contributed by atoms with Gasteiger partial charge < -0.3 is 0 Å². The third kappa shape index (κ3) is 4.80. The summed E-state index contributed by atoms with van der Waals surface area (Å²) in [5.41, 5.74) is 4.84. The Morgan fingerprint density at radius 2 is 2.24 bits per heavy atom. The molecule has 0 spiro atoms. The maximum absolute atomic E-state index is 11.0. The minimum absolute atomic E-state index is 0.0280. The van der Waals surface area contributed by atoms with Gasteiger partial charge in [0.1, 0.15) is 9.84 Å². The number of aryl methyl sites for hydroxylation is 1. The van der Waals surface area contributed by atoms with Crippen molar-refractivity contribution < 1.29 is 8.42 Å². The van der Waals surface area contributed by atoms with Crippen molar-refractivity contribution in [3.63, 3.8) is 0 Å². The molecule has 5 nitrogen and oxygen atoms in total. The number of nitrogens with one attached hydrogen (secondary N) is 1. The van der Waals surface area contributed by atoms with Gasteiger partial charge in [-0.25, -0.2) is 8.42 Å². The van der Waals surface area contributed by atoms with E-state index in [1.54, 1.807) is 12.4 Å². The fourth-order valence-corrected chi connectivity index (χ4v) is 2.44. The van der Waals surface area contributed by atoms with Crippen LogP contribution in [0.5, 0.6) is 0 Å². The molecule has 1 aromatic rings. The van der Waals surface area contributed by atoms with Crippen LogP contribution >= 0.6 is 0 Å². The van der Waals surface area contributed by atoms with Crippen molar-refractivity contribution in [3.05, 3.63) is 29.6 Å². The minimum atomic E-state index is -2.90. The zero-order chi connectivity index (χ0) is 12.9. The van der Waals surface area contributed by atoms with E-state index >= 15 is 0 Å². The summed E-state index contributed by atoms with van der Waals surface area (Å²) in [4.78, 5) is 4.02. The topological polar surface area (TPSA) is 85.1 Å². The van der Waals surface area contributed by atoms with Gasteiger partial charge in [-0.15, -0.1) is 0 Å². The molecule has 17 heavy (non-hydrogen) atoms. The van der Waals surface area contributed by atoms with Crippen molar-refractivity contribution in [2.75, 3.05) is 12.0 Å². The Labute approximate surface area is 102 Å². The second kappa shape index (κ2) is 6.09. The van der Waals surface area contributed by atoms with Gasteiger partial charge in [-0.05, 0) is 37.0 Å². The second-order valence-corrected chi connectivity index (χ2v) is 6.48. The molecule has 96 valence electrons. The molecule has 0 amide bonds. The van der Waals surface area contributed by atoms with Crippen LogP contribution in [0.3, 0.4) is 0 Å². The number of hydrazine groups is 1. The molecule has 0 aliphatic rings. The van der Waals surface area contributed by atoms with Crippen LogP contribution in [0, 0.1) is 6.92 Å². The highest BCUT2D eigenvalue weighted by molar-refractivity contribution is 7.90. The van der Waals surface area contributed by atoms with E-state index in [2.05, 4.69) is 10.4 Å². The van der Waals surface area contributed by atoms with Gasteiger partial charge in [0.05, 0.1) is 0 Å². The first-order chi connectivity index (χ1) is 7.94. The van der Waals surface area contributed by atoms with E-state index in [9.17, 15) is 8.42 Å². The van der Waals surface area contributed by atoms with E-state index in [0.29, 0.717) is 12.8 Å². The van der Waals surface area contributed by atoms with Crippen molar-refractivity contribution in [2.24, 2.45) is 5.84 Å². The zero-order valence-corrected chi connectivity index (χ0v) is 11.0. The summed E-state index contributed by atoms with van der Waals surface area (Å²) in [7, 11) is -2.90. The molecule has 1 heterocycles. The molecular weight excluding hydrogens is 238 g/mol. The summed E-state index contributed by atoms with van der Waals surface area (Å²) in [6.07, 6.45) is 6.01. The number of hydrogen-bond donors (Lipinski definition) is 2. The van der Waals surface area contributed by atoms with Gasteiger partial charge in [-0.1, -0.05) is 0 Å². The van der Waals surface area contributed by atoms with Crippen molar-refractivity contribution in [2.45, 2.75) is 25.8 Å². The van der Waals surface area contributed by atoms with Crippen molar-refractivity contribution in [3.8, 4) is 0 Å². The fraction of sp³-hybridized carbons (Fsp3) is 0.545. The van der Waals surface area contributed by atoms with Gasteiger partial charge >= 0.3 is 0 Å². The Morgan fingerprint density at radius 1 is 1.53 bits per heavy atom. The number of rotatable bonds is 6. The number of nitrogens with zero attached hydrogens (tertiary/aromatic N) is 1. The SMILES string of the molecule is Cc1cnccc1C(CCCS(C)(=O)=O)NN. The minimum Gasteiger partial charge on any atom is -0.271 e. The van der Waals surface area contributed by atoms with Crippen LogP contribution in [0.2, 0.25) is 0 Å². The van der Waals surface area contributed by atoms with Crippen molar-refractivity contribution in [1.82, 2.24) is 10.4 Å². The highest BCUT2D eigenvalue weighted by atomic mass is 32.2. The molecule has 1 aromatic heterocycles. The van der Waals surface area contributed by atoms with Gasteiger partial charge in [0, 0.05) is 30.4 Å². The lowest BCUT2D eigenvalue weighted by molar-refractivity contribution is 0.505. The number of pyridine rings is 1. The zero-order valence-electron chi connectivity index (χ0n) is 10.2. The summed E-state index contributed by atoms with van der Waals surface area (Å²) in [6, 6.07) is 1.88. The van der Waals surface area contributed by atoms with Crippen LogP contribution in [0.1, 0.15) is 30.0 Å². The molecule has 0 saturated heterocycles. The molecule has 0 aliphatic heterocycles. The van der Waals surface area contributed by atoms with E-state index < -0.39 is 9.84 Å². The molecule has 0 radical (unpaired) electrons. The number of nitrogens with two attached hydrogens (primary N) is 1. The third-order valence-electron chi connectivity index (χ3n) is 2.65. The fourth-order valence-electron chi connectivity index (χ4n) is 1.75. The van der Waals surface area contributed by atoms with Crippen LogP contribution in [-0.2, 0) is 9.84 Å². The molecule has 1 rings (SSSR count). The third-order valence-corrected chi connectivity index (χ3v) is 3.68. The monoisotopic (exact) mass is 257 g/mol. The lowest BCUT2D eigenvalue weighted by Crippen LogP contribution is -2.29. The van der Waals surface area contributed by atoms with E-state index in [1.165, 1.54) is 6.26 Å². The van der Waals surface area contributed by atoms with E-state index in [1.807, 2.05) is 13.0 Å². The van der Waals surface area contributed by atoms with Gasteiger partial charge in [0.2, 0.25) is 0 Å². The molecule has 0 aliphatic carbocycles. The molecule has 3 N–H and O–H groups in total. The van der Waals surface area contributed by atoms with Gasteiger partial charge in [0.15, 0.2) is 0 Å². The highest BCUT2D eigenvalue weighted by Gasteiger charge is 2.13. The molecular formula is C11H19N3O2S. The maximum Gasteiger partial charge on any atom is 0.147 e. The normalized spacial score (nSPS) is 13.6. The maximum atomic E-state index is 11.0. The predicted molar refractivity (Wildman–Crippen MR) is 68.0 cm³/mol. The Bertz CT molecular complexity index is 460. The molecule has 6 heteroatoms. The van der Waals surface area contributed by atoms with Crippen LogP contribution in [0.15, 0.2) is 18.5 Å². The summed E-state index contributed by atoms with van der Waals surface area (Å²) in [5, 5.41) is 0. The molecule has 1 atom stereocenters. The van der Waals surface area contributed by atoms with E-state index in [0.717, 1.165) is 11.1 Å². The molecule has 0 saturated carbocycles. The Balaban J connectivity index is 2.64. The summed E-state index contributed by atoms with van der Waals surface area (Å²) < 4.78 is 22.1. The smallest absolute Gasteiger partial charge is 0.147 e. The summed E-state index contributed by atoms with van der Waals surface area (Å²) in [5.74, 6) is 5.69. The average molecular weight is 257 g/mol. The van der Waals surface area contributed by atoms with Crippen LogP contribution < -0.4 is 11.3 Å². The summed E-state index contributed by atoms with van der Waals surface area (Å²) in [6.45, 7) is 1.96. The van der Waals surface area contributed by atoms with E-state index in [4.69, 9.17) is 5.84 Å². The molecule has 0 aromatic carbocycles. The Morgan fingerprint density at radius 3 is 2.76 bits per heavy atom. The molecule has 0 bridgehead atoms. The lowest BCUT2D eigenvalue weighted by Gasteiger charge is -2.17. The number of aromatic nitrogens is 1. The Kier molecular flexibility index (Phi) is 5.04.